The quantitative estimate of drug-likeness (QED) is 0.889. The largest absolute Gasteiger partial charge is 0.497 e. The van der Waals surface area contributed by atoms with Gasteiger partial charge in [-0.25, -0.2) is 8.42 Å². The van der Waals surface area contributed by atoms with Crippen molar-refractivity contribution in [3.8, 4) is 5.75 Å². The third-order valence-electron chi connectivity index (χ3n) is 3.13. The summed E-state index contributed by atoms with van der Waals surface area (Å²) in [5.74, 6) is 1.01. The molecular formula is C14H19NO3S. The fraction of sp³-hybridized carbons (Fsp3) is 0.429. The van der Waals surface area contributed by atoms with Crippen molar-refractivity contribution in [2.75, 3.05) is 12.9 Å². The standard InChI is InChI=1S/C14H19NO3S/c1-11(15-13-7-8-19(16,17)10-13)9-12-3-5-14(18-2)6-4-12/h3-8,11,13,15H,9-10H2,1-2H3. The first-order valence-electron chi connectivity index (χ1n) is 6.28. The molecule has 0 fully saturated rings. The Morgan fingerprint density at radius 1 is 1.37 bits per heavy atom. The topological polar surface area (TPSA) is 55.4 Å². The predicted molar refractivity (Wildman–Crippen MR) is 76.0 cm³/mol. The maximum atomic E-state index is 11.3. The summed E-state index contributed by atoms with van der Waals surface area (Å²) in [6.07, 6.45) is 2.58. The van der Waals surface area contributed by atoms with Gasteiger partial charge in [-0.3, -0.25) is 0 Å². The van der Waals surface area contributed by atoms with Gasteiger partial charge in [0.25, 0.3) is 0 Å². The zero-order chi connectivity index (χ0) is 13.9. The van der Waals surface area contributed by atoms with Crippen LogP contribution in [0.2, 0.25) is 0 Å². The Morgan fingerprint density at radius 2 is 2.05 bits per heavy atom. The summed E-state index contributed by atoms with van der Waals surface area (Å²) < 4.78 is 27.7. The first kappa shape index (κ1) is 14.1. The molecule has 1 aromatic carbocycles. The molecule has 104 valence electrons. The molecule has 19 heavy (non-hydrogen) atoms. The zero-order valence-corrected chi connectivity index (χ0v) is 12.0. The van der Waals surface area contributed by atoms with Gasteiger partial charge in [-0.1, -0.05) is 18.2 Å². The molecule has 1 aliphatic heterocycles. The van der Waals surface area contributed by atoms with Crippen molar-refractivity contribution >= 4 is 9.84 Å². The molecule has 0 aliphatic carbocycles. The molecule has 0 amide bonds. The zero-order valence-electron chi connectivity index (χ0n) is 11.2. The second-order valence-electron chi connectivity index (χ2n) is 4.88. The van der Waals surface area contributed by atoms with Crippen molar-refractivity contribution in [3.05, 3.63) is 41.3 Å². The lowest BCUT2D eigenvalue weighted by molar-refractivity contribution is 0.414. The fourth-order valence-electron chi connectivity index (χ4n) is 2.22. The van der Waals surface area contributed by atoms with Crippen LogP contribution in [0.1, 0.15) is 12.5 Å². The normalized spacial score (nSPS) is 22.3. The van der Waals surface area contributed by atoms with Gasteiger partial charge in [0.2, 0.25) is 0 Å². The number of hydrogen-bond acceptors (Lipinski definition) is 4. The molecule has 0 saturated heterocycles. The molecule has 0 spiro atoms. The average molecular weight is 281 g/mol. The number of rotatable bonds is 5. The molecule has 2 unspecified atom stereocenters. The number of sulfone groups is 1. The summed E-state index contributed by atoms with van der Waals surface area (Å²) in [6.45, 7) is 2.06. The molecule has 1 aliphatic rings. The molecule has 0 bridgehead atoms. The number of methoxy groups -OCH3 is 1. The van der Waals surface area contributed by atoms with Gasteiger partial charge in [-0.05, 0) is 31.0 Å². The van der Waals surface area contributed by atoms with E-state index in [1.54, 1.807) is 13.2 Å². The molecule has 4 nitrogen and oxygen atoms in total. The fourth-order valence-corrected chi connectivity index (χ4v) is 3.47. The summed E-state index contributed by atoms with van der Waals surface area (Å²) in [7, 11) is -1.34. The van der Waals surface area contributed by atoms with E-state index in [-0.39, 0.29) is 17.8 Å². The van der Waals surface area contributed by atoms with Crippen molar-refractivity contribution in [1.82, 2.24) is 5.32 Å². The van der Waals surface area contributed by atoms with E-state index in [2.05, 4.69) is 12.2 Å². The van der Waals surface area contributed by atoms with Gasteiger partial charge in [0.1, 0.15) is 5.75 Å². The summed E-state index contributed by atoms with van der Waals surface area (Å²) in [5, 5.41) is 4.61. The van der Waals surface area contributed by atoms with Crippen LogP contribution in [-0.2, 0) is 16.3 Å². The minimum absolute atomic E-state index is 0.0711. The highest BCUT2D eigenvalue weighted by atomic mass is 32.2. The molecule has 0 saturated carbocycles. The molecule has 1 aromatic rings. The van der Waals surface area contributed by atoms with E-state index in [1.165, 1.54) is 11.0 Å². The highest BCUT2D eigenvalue weighted by Crippen LogP contribution is 2.14. The Morgan fingerprint density at radius 3 is 2.58 bits per heavy atom. The summed E-state index contributed by atoms with van der Waals surface area (Å²) in [5.41, 5.74) is 1.20. The van der Waals surface area contributed by atoms with E-state index in [0.29, 0.717) is 0 Å². The van der Waals surface area contributed by atoms with Crippen LogP contribution in [0.15, 0.2) is 35.7 Å². The maximum absolute atomic E-state index is 11.3. The van der Waals surface area contributed by atoms with Crippen molar-refractivity contribution < 1.29 is 13.2 Å². The van der Waals surface area contributed by atoms with Crippen LogP contribution >= 0.6 is 0 Å². The highest BCUT2D eigenvalue weighted by Gasteiger charge is 2.22. The smallest absolute Gasteiger partial charge is 0.173 e. The number of hydrogen-bond donors (Lipinski definition) is 1. The summed E-state index contributed by atoms with van der Waals surface area (Å²) >= 11 is 0. The van der Waals surface area contributed by atoms with Crippen LogP contribution in [-0.4, -0.2) is 33.4 Å². The van der Waals surface area contributed by atoms with Gasteiger partial charge in [0.15, 0.2) is 9.84 Å². The van der Waals surface area contributed by atoms with Gasteiger partial charge >= 0.3 is 0 Å². The van der Waals surface area contributed by atoms with Crippen LogP contribution in [0.25, 0.3) is 0 Å². The Bertz CT molecular complexity index is 549. The number of nitrogens with one attached hydrogen (secondary N) is 1. The summed E-state index contributed by atoms with van der Waals surface area (Å²) in [6, 6.07) is 8.06. The van der Waals surface area contributed by atoms with Crippen LogP contribution in [0.5, 0.6) is 5.75 Å². The third kappa shape index (κ3) is 4.08. The van der Waals surface area contributed by atoms with Crippen LogP contribution in [0.3, 0.4) is 0 Å². The van der Waals surface area contributed by atoms with Gasteiger partial charge in [-0.2, -0.15) is 0 Å². The molecule has 0 aromatic heterocycles. The third-order valence-corrected chi connectivity index (χ3v) is 4.53. The highest BCUT2D eigenvalue weighted by molar-refractivity contribution is 7.94. The molecule has 0 radical (unpaired) electrons. The predicted octanol–water partition coefficient (Wildman–Crippen LogP) is 1.53. The van der Waals surface area contributed by atoms with Gasteiger partial charge in [0, 0.05) is 17.5 Å². The van der Waals surface area contributed by atoms with E-state index in [0.717, 1.165) is 12.2 Å². The van der Waals surface area contributed by atoms with Crippen molar-refractivity contribution in [2.24, 2.45) is 0 Å². The second-order valence-corrected chi connectivity index (χ2v) is 6.82. The number of benzene rings is 1. The van der Waals surface area contributed by atoms with Crippen LogP contribution in [0.4, 0.5) is 0 Å². The number of ether oxygens (including phenoxy) is 1. The van der Waals surface area contributed by atoms with Crippen molar-refractivity contribution in [2.45, 2.75) is 25.4 Å². The lowest BCUT2D eigenvalue weighted by Crippen LogP contribution is -2.38. The van der Waals surface area contributed by atoms with E-state index in [1.807, 2.05) is 24.3 Å². The minimum Gasteiger partial charge on any atom is -0.497 e. The Kier molecular flexibility index (Phi) is 4.27. The van der Waals surface area contributed by atoms with E-state index < -0.39 is 9.84 Å². The summed E-state index contributed by atoms with van der Waals surface area (Å²) in [4.78, 5) is 0. The van der Waals surface area contributed by atoms with Gasteiger partial charge in [0.05, 0.1) is 12.9 Å². The minimum atomic E-state index is -2.98. The first-order chi connectivity index (χ1) is 8.98. The Hall–Kier alpha value is -1.33. The monoisotopic (exact) mass is 281 g/mol. The Labute approximate surface area is 114 Å². The molecular weight excluding hydrogens is 262 g/mol. The Balaban J connectivity index is 1.87. The van der Waals surface area contributed by atoms with E-state index in [4.69, 9.17) is 4.74 Å². The SMILES string of the molecule is COc1ccc(CC(C)NC2C=CS(=O)(=O)C2)cc1. The average Bonchev–Trinajstić information content (AvgIpc) is 2.69. The first-order valence-corrected chi connectivity index (χ1v) is 8.00. The second kappa shape index (κ2) is 5.75. The van der Waals surface area contributed by atoms with Gasteiger partial charge in [-0.15, -0.1) is 0 Å². The lowest BCUT2D eigenvalue weighted by atomic mass is 10.1. The molecule has 2 atom stereocenters. The van der Waals surface area contributed by atoms with Crippen LogP contribution < -0.4 is 10.1 Å². The lowest BCUT2D eigenvalue weighted by Gasteiger charge is -2.17. The molecule has 2 rings (SSSR count). The molecule has 1 N–H and O–H groups in total. The van der Waals surface area contributed by atoms with Crippen molar-refractivity contribution in [1.29, 1.82) is 0 Å². The molecule has 5 heteroatoms. The van der Waals surface area contributed by atoms with E-state index in [9.17, 15) is 8.42 Å². The van der Waals surface area contributed by atoms with Gasteiger partial charge < -0.3 is 10.1 Å². The molecule has 1 heterocycles. The van der Waals surface area contributed by atoms with Crippen LogP contribution in [0, 0.1) is 0 Å². The van der Waals surface area contributed by atoms with Crippen molar-refractivity contribution in [3.63, 3.8) is 0 Å². The van der Waals surface area contributed by atoms with E-state index >= 15 is 0 Å². The maximum Gasteiger partial charge on any atom is 0.173 e.